The first kappa shape index (κ1) is 17.3. The average molecular weight is 358 g/mol. The molecule has 1 amide bonds. The molecule has 0 fully saturated rings. The van der Waals surface area contributed by atoms with Crippen LogP contribution >= 0.6 is 11.3 Å². The van der Waals surface area contributed by atoms with Crippen LogP contribution in [0.5, 0.6) is 0 Å². The number of rotatable bonds is 7. The third-order valence-corrected chi connectivity index (χ3v) is 4.90. The summed E-state index contributed by atoms with van der Waals surface area (Å²) in [5, 5.41) is 16.3. The summed E-state index contributed by atoms with van der Waals surface area (Å²) in [5.74, 6) is 0.815. The summed E-state index contributed by atoms with van der Waals surface area (Å²) in [6.45, 7) is 2.51. The zero-order valence-electron chi connectivity index (χ0n) is 14.7. The van der Waals surface area contributed by atoms with Crippen molar-refractivity contribution >= 4 is 27.9 Å². The Morgan fingerprint density at radius 3 is 2.64 bits per heavy atom. The van der Waals surface area contributed by atoms with Crippen LogP contribution < -0.4 is 10.2 Å². The molecule has 0 aliphatic rings. The van der Waals surface area contributed by atoms with Gasteiger partial charge in [0.25, 0.3) is 0 Å². The van der Waals surface area contributed by atoms with Crippen molar-refractivity contribution < 1.29 is 4.79 Å². The van der Waals surface area contributed by atoms with Gasteiger partial charge in [-0.15, -0.1) is 10.2 Å². The van der Waals surface area contributed by atoms with Gasteiger partial charge in [-0.25, -0.2) is 0 Å². The molecule has 132 valence electrons. The van der Waals surface area contributed by atoms with Gasteiger partial charge in [-0.2, -0.15) is 9.61 Å². The average Bonchev–Trinajstić information content (AvgIpc) is 3.15. The Labute approximate surface area is 150 Å². The van der Waals surface area contributed by atoms with Gasteiger partial charge in [0.2, 0.25) is 10.9 Å². The maximum atomic E-state index is 12.0. The van der Waals surface area contributed by atoms with Crippen LogP contribution in [0.15, 0.2) is 24.3 Å². The summed E-state index contributed by atoms with van der Waals surface area (Å²) >= 11 is 1.48. The van der Waals surface area contributed by atoms with Crippen molar-refractivity contribution in [2.45, 2.75) is 26.2 Å². The van der Waals surface area contributed by atoms with Gasteiger partial charge in [-0.3, -0.25) is 4.79 Å². The number of benzene rings is 1. The maximum absolute atomic E-state index is 12.0. The summed E-state index contributed by atoms with van der Waals surface area (Å²) in [6.07, 6.45) is 1.88. The Morgan fingerprint density at radius 2 is 1.96 bits per heavy atom. The molecule has 0 spiro atoms. The topological polar surface area (TPSA) is 75.4 Å². The largest absolute Gasteiger partial charge is 0.378 e. The van der Waals surface area contributed by atoms with Crippen molar-refractivity contribution in [3.63, 3.8) is 0 Å². The van der Waals surface area contributed by atoms with Crippen LogP contribution in [0.1, 0.15) is 22.8 Å². The fourth-order valence-corrected chi connectivity index (χ4v) is 3.35. The molecule has 2 heterocycles. The molecule has 1 N–H and O–H groups in total. The summed E-state index contributed by atoms with van der Waals surface area (Å²) < 4.78 is 1.72. The second-order valence-electron chi connectivity index (χ2n) is 6.10. The number of anilines is 1. The number of aryl methyl sites for hydroxylation is 2. The second kappa shape index (κ2) is 7.60. The van der Waals surface area contributed by atoms with E-state index in [1.165, 1.54) is 22.6 Å². The van der Waals surface area contributed by atoms with Gasteiger partial charge >= 0.3 is 0 Å². The van der Waals surface area contributed by atoms with E-state index in [1.807, 2.05) is 21.0 Å². The Hall–Kier alpha value is -2.48. The molecule has 25 heavy (non-hydrogen) atoms. The summed E-state index contributed by atoms with van der Waals surface area (Å²) in [6, 6.07) is 8.38. The summed E-state index contributed by atoms with van der Waals surface area (Å²) in [4.78, 5) is 14.8. The molecule has 0 aliphatic carbocycles. The van der Waals surface area contributed by atoms with E-state index in [0.717, 1.165) is 22.2 Å². The molecule has 0 saturated carbocycles. The molecule has 0 saturated heterocycles. The minimum Gasteiger partial charge on any atom is -0.378 e. The number of carbonyl (C=O) groups excluding carboxylic acids is 1. The molecule has 0 bridgehead atoms. The SMILES string of the molecule is Cc1nnc2sc(CCC(=O)NCCc3ccc(N(C)C)cc3)nn12. The zero-order valence-corrected chi connectivity index (χ0v) is 15.5. The lowest BCUT2D eigenvalue weighted by Gasteiger charge is -2.12. The number of aromatic nitrogens is 4. The molecule has 0 radical (unpaired) electrons. The van der Waals surface area contributed by atoms with Crippen LogP contribution in [0.4, 0.5) is 5.69 Å². The Morgan fingerprint density at radius 1 is 1.20 bits per heavy atom. The number of hydrogen-bond acceptors (Lipinski definition) is 6. The van der Waals surface area contributed by atoms with Gasteiger partial charge < -0.3 is 10.2 Å². The highest BCUT2D eigenvalue weighted by molar-refractivity contribution is 7.16. The van der Waals surface area contributed by atoms with Crippen LogP contribution in [0, 0.1) is 6.92 Å². The fraction of sp³-hybridized carbons (Fsp3) is 0.412. The first-order chi connectivity index (χ1) is 12.0. The standard InChI is InChI=1S/C17H22N6OS/c1-12-19-20-17-23(12)21-16(25-17)9-8-15(24)18-11-10-13-4-6-14(7-5-13)22(2)3/h4-7H,8-11H2,1-3H3,(H,18,24). The van der Waals surface area contributed by atoms with E-state index in [0.29, 0.717) is 19.4 Å². The van der Waals surface area contributed by atoms with Crippen LogP contribution in [0.2, 0.25) is 0 Å². The number of hydrogen-bond donors (Lipinski definition) is 1. The van der Waals surface area contributed by atoms with E-state index in [-0.39, 0.29) is 5.91 Å². The molecule has 0 atom stereocenters. The Kier molecular flexibility index (Phi) is 5.28. The molecular weight excluding hydrogens is 336 g/mol. The van der Waals surface area contributed by atoms with Gasteiger partial charge in [-0.1, -0.05) is 23.5 Å². The van der Waals surface area contributed by atoms with E-state index in [1.54, 1.807) is 4.52 Å². The van der Waals surface area contributed by atoms with E-state index in [9.17, 15) is 4.79 Å². The lowest BCUT2D eigenvalue weighted by atomic mass is 10.1. The molecule has 0 aliphatic heterocycles. The molecule has 0 unspecified atom stereocenters. The van der Waals surface area contributed by atoms with Gasteiger partial charge in [0.05, 0.1) is 0 Å². The van der Waals surface area contributed by atoms with Crippen molar-refractivity contribution in [1.82, 2.24) is 25.1 Å². The monoisotopic (exact) mass is 358 g/mol. The predicted molar refractivity (Wildman–Crippen MR) is 99.2 cm³/mol. The number of carbonyl (C=O) groups is 1. The first-order valence-corrected chi connectivity index (χ1v) is 9.05. The van der Waals surface area contributed by atoms with E-state index in [2.05, 4.69) is 49.8 Å². The Bertz CT molecular complexity index is 852. The normalized spacial score (nSPS) is 11.0. The van der Waals surface area contributed by atoms with E-state index in [4.69, 9.17) is 0 Å². The lowest BCUT2D eigenvalue weighted by Crippen LogP contribution is -2.25. The third-order valence-electron chi connectivity index (χ3n) is 3.94. The minimum absolute atomic E-state index is 0.0487. The third kappa shape index (κ3) is 4.33. The predicted octanol–water partition coefficient (Wildman–Crippen LogP) is 1.85. The fourth-order valence-electron chi connectivity index (χ4n) is 2.47. The highest BCUT2D eigenvalue weighted by Crippen LogP contribution is 2.15. The molecule has 3 rings (SSSR count). The highest BCUT2D eigenvalue weighted by Gasteiger charge is 2.10. The van der Waals surface area contributed by atoms with Crippen LogP contribution in [0.3, 0.4) is 0 Å². The number of nitrogens with zero attached hydrogens (tertiary/aromatic N) is 5. The van der Waals surface area contributed by atoms with E-state index < -0.39 is 0 Å². The molecule has 8 heteroatoms. The lowest BCUT2D eigenvalue weighted by molar-refractivity contribution is -0.121. The van der Waals surface area contributed by atoms with Crippen molar-refractivity contribution in [1.29, 1.82) is 0 Å². The van der Waals surface area contributed by atoms with Gasteiger partial charge in [0, 0.05) is 39.2 Å². The minimum atomic E-state index is 0.0487. The molecule has 7 nitrogen and oxygen atoms in total. The van der Waals surface area contributed by atoms with Crippen molar-refractivity contribution in [2.24, 2.45) is 0 Å². The molecule has 2 aromatic heterocycles. The van der Waals surface area contributed by atoms with Gasteiger partial charge in [-0.05, 0) is 31.0 Å². The molecule has 3 aromatic rings. The van der Waals surface area contributed by atoms with Crippen LogP contribution in [0.25, 0.3) is 4.96 Å². The number of nitrogens with one attached hydrogen (secondary N) is 1. The van der Waals surface area contributed by atoms with Crippen molar-refractivity contribution in [3.8, 4) is 0 Å². The number of amides is 1. The summed E-state index contributed by atoms with van der Waals surface area (Å²) in [5.41, 5.74) is 2.39. The van der Waals surface area contributed by atoms with Crippen LogP contribution in [-0.4, -0.2) is 46.4 Å². The second-order valence-corrected chi connectivity index (χ2v) is 7.14. The summed E-state index contributed by atoms with van der Waals surface area (Å²) in [7, 11) is 4.04. The van der Waals surface area contributed by atoms with Crippen LogP contribution in [-0.2, 0) is 17.6 Å². The quantitative estimate of drug-likeness (QED) is 0.698. The van der Waals surface area contributed by atoms with E-state index >= 15 is 0 Å². The van der Waals surface area contributed by atoms with Gasteiger partial charge in [0.15, 0.2) is 5.82 Å². The molecule has 1 aromatic carbocycles. The van der Waals surface area contributed by atoms with Gasteiger partial charge in [0.1, 0.15) is 5.01 Å². The van der Waals surface area contributed by atoms with Crippen molar-refractivity contribution in [2.75, 3.05) is 25.5 Å². The van der Waals surface area contributed by atoms with Crippen molar-refractivity contribution in [3.05, 3.63) is 40.7 Å². The highest BCUT2D eigenvalue weighted by atomic mass is 32.1. The Balaban J connectivity index is 1.41. The first-order valence-electron chi connectivity index (χ1n) is 8.23. The zero-order chi connectivity index (χ0) is 17.8. The molecular formula is C17H22N6OS. The smallest absolute Gasteiger partial charge is 0.234 e. The number of fused-ring (bicyclic) bond motifs is 1. The maximum Gasteiger partial charge on any atom is 0.234 e.